The summed E-state index contributed by atoms with van der Waals surface area (Å²) in [5.74, 6) is 4.66. The zero-order valence-electron chi connectivity index (χ0n) is 12.2. The molecule has 2 bridgehead atoms. The molecule has 2 aliphatic rings. The highest BCUT2D eigenvalue weighted by atomic mass is 15.1. The first kappa shape index (κ1) is 12.7. The monoisotopic (exact) mass is 260 g/mol. The van der Waals surface area contributed by atoms with Crippen molar-refractivity contribution < 1.29 is 0 Å². The normalized spacial score (nSPS) is 28.7. The Balaban J connectivity index is 1.80. The van der Waals surface area contributed by atoms with Crippen LogP contribution in [0.15, 0.2) is 0 Å². The van der Waals surface area contributed by atoms with Gasteiger partial charge in [0.05, 0.1) is 0 Å². The predicted molar refractivity (Wildman–Crippen MR) is 78.5 cm³/mol. The molecule has 4 heteroatoms. The Labute approximate surface area is 115 Å². The number of hydrogen-bond acceptors (Lipinski definition) is 4. The van der Waals surface area contributed by atoms with Crippen LogP contribution in [0.4, 0.5) is 11.6 Å². The Morgan fingerprint density at radius 2 is 1.89 bits per heavy atom. The number of nitrogens with zero attached hydrogens (tertiary/aromatic N) is 2. The van der Waals surface area contributed by atoms with Gasteiger partial charge in [-0.2, -0.15) is 0 Å². The molecule has 1 aromatic rings. The van der Waals surface area contributed by atoms with Gasteiger partial charge in [-0.15, -0.1) is 0 Å². The lowest BCUT2D eigenvalue weighted by Gasteiger charge is -2.25. The Morgan fingerprint density at radius 3 is 2.53 bits per heavy atom. The fraction of sp³-hybridized carbons (Fsp3) is 0.733. The average Bonchev–Trinajstić information content (AvgIpc) is 2.97. The van der Waals surface area contributed by atoms with Crippen LogP contribution in [0, 0.1) is 25.7 Å². The summed E-state index contributed by atoms with van der Waals surface area (Å²) in [7, 11) is 0. The second kappa shape index (κ2) is 4.99. The molecule has 3 atom stereocenters. The summed E-state index contributed by atoms with van der Waals surface area (Å²) >= 11 is 0. The number of aryl methyl sites for hydroxylation is 1. The lowest BCUT2D eigenvalue weighted by Crippen LogP contribution is -2.27. The van der Waals surface area contributed by atoms with Crippen molar-refractivity contribution in [1.29, 1.82) is 0 Å². The molecular formula is C15H24N4. The maximum absolute atomic E-state index is 4.60. The molecule has 19 heavy (non-hydrogen) atoms. The minimum Gasteiger partial charge on any atom is -0.370 e. The van der Waals surface area contributed by atoms with Crippen LogP contribution in [0.2, 0.25) is 0 Å². The van der Waals surface area contributed by atoms with Crippen molar-refractivity contribution in [1.82, 2.24) is 9.97 Å². The molecule has 0 spiro atoms. The van der Waals surface area contributed by atoms with Gasteiger partial charge in [0.1, 0.15) is 17.5 Å². The third-order valence-electron chi connectivity index (χ3n) is 4.66. The van der Waals surface area contributed by atoms with Crippen LogP contribution < -0.4 is 10.6 Å². The van der Waals surface area contributed by atoms with Gasteiger partial charge in [-0.05, 0) is 51.9 Å². The molecule has 2 N–H and O–H groups in total. The maximum Gasteiger partial charge on any atom is 0.134 e. The van der Waals surface area contributed by atoms with Crippen LogP contribution in [-0.4, -0.2) is 22.6 Å². The lowest BCUT2D eigenvalue weighted by molar-refractivity contribution is 0.438. The van der Waals surface area contributed by atoms with Gasteiger partial charge in [-0.3, -0.25) is 0 Å². The smallest absolute Gasteiger partial charge is 0.134 e. The molecule has 2 saturated carbocycles. The molecule has 1 aromatic heterocycles. The second-order valence-electron chi connectivity index (χ2n) is 6.05. The van der Waals surface area contributed by atoms with Crippen molar-refractivity contribution in [3.8, 4) is 0 Å². The van der Waals surface area contributed by atoms with Crippen LogP contribution in [0.5, 0.6) is 0 Å². The van der Waals surface area contributed by atoms with Gasteiger partial charge >= 0.3 is 0 Å². The first-order chi connectivity index (χ1) is 9.17. The molecule has 3 unspecified atom stereocenters. The van der Waals surface area contributed by atoms with Gasteiger partial charge in [0.2, 0.25) is 0 Å². The van der Waals surface area contributed by atoms with Crippen LogP contribution in [-0.2, 0) is 0 Å². The predicted octanol–water partition coefficient (Wildman–Crippen LogP) is 3.13. The summed E-state index contributed by atoms with van der Waals surface area (Å²) in [5.41, 5.74) is 1.15. The van der Waals surface area contributed by atoms with Crippen molar-refractivity contribution in [2.24, 2.45) is 11.8 Å². The van der Waals surface area contributed by atoms with Gasteiger partial charge in [0.25, 0.3) is 0 Å². The number of anilines is 2. The summed E-state index contributed by atoms with van der Waals surface area (Å²) < 4.78 is 0. The topological polar surface area (TPSA) is 49.8 Å². The summed E-state index contributed by atoms with van der Waals surface area (Å²) in [4.78, 5) is 9.08. The van der Waals surface area contributed by atoms with E-state index in [-0.39, 0.29) is 0 Å². The minimum atomic E-state index is 0.626. The summed E-state index contributed by atoms with van der Waals surface area (Å²) in [6, 6.07) is 0.626. The zero-order valence-corrected chi connectivity index (χ0v) is 12.2. The number of fused-ring (bicyclic) bond motifs is 2. The fourth-order valence-electron chi connectivity index (χ4n) is 3.71. The van der Waals surface area contributed by atoms with Crippen LogP contribution in [0.25, 0.3) is 0 Å². The largest absolute Gasteiger partial charge is 0.370 e. The zero-order chi connectivity index (χ0) is 13.4. The van der Waals surface area contributed by atoms with E-state index in [2.05, 4.69) is 34.4 Å². The Kier molecular flexibility index (Phi) is 3.33. The van der Waals surface area contributed by atoms with Gasteiger partial charge in [0.15, 0.2) is 0 Å². The van der Waals surface area contributed by atoms with Gasteiger partial charge < -0.3 is 10.6 Å². The molecule has 0 saturated heterocycles. The Hall–Kier alpha value is -1.32. The van der Waals surface area contributed by atoms with Gasteiger partial charge in [-0.25, -0.2) is 9.97 Å². The van der Waals surface area contributed by atoms with E-state index in [0.29, 0.717) is 6.04 Å². The van der Waals surface area contributed by atoms with Crippen LogP contribution >= 0.6 is 0 Å². The average molecular weight is 260 g/mol. The van der Waals surface area contributed by atoms with E-state index < -0.39 is 0 Å². The second-order valence-corrected chi connectivity index (χ2v) is 6.05. The third kappa shape index (κ3) is 2.40. The van der Waals surface area contributed by atoms with E-state index in [0.717, 1.165) is 41.4 Å². The molecule has 4 nitrogen and oxygen atoms in total. The van der Waals surface area contributed by atoms with Crippen molar-refractivity contribution in [2.75, 3.05) is 17.2 Å². The highest BCUT2D eigenvalue weighted by Crippen LogP contribution is 2.45. The third-order valence-corrected chi connectivity index (χ3v) is 4.66. The highest BCUT2D eigenvalue weighted by Gasteiger charge is 2.39. The van der Waals surface area contributed by atoms with E-state index in [4.69, 9.17) is 0 Å². The van der Waals surface area contributed by atoms with Crippen molar-refractivity contribution in [3.05, 3.63) is 11.4 Å². The summed E-state index contributed by atoms with van der Waals surface area (Å²) in [6.45, 7) is 7.06. The van der Waals surface area contributed by atoms with E-state index in [9.17, 15) is 0 Å². The molecule has 104 valence electrons. The number of aromatic nitrogens is 2. The molecule has 0 aromatic carbocycles. The van der Waals surface area contributed by atoms with Crippen LogP contribution in [0.3, 0.4) is 0 Å². The number of nitrogens with one attached hydrogen (secondary N) is 2. The van der Waals surface area contributed by atoms with Crippen LogP contribution in [0.1, 0.15) is 44.0 Å². The number of hydrogen-bond donors (Lipinski definition) is 2. The van der Waals surface area contributed by atoms with E-state index in [1.54, 1.807) is 0 Å². The molecule has 0 aliphatic heterocycles. The molecular weight excluding hydrogens is 236 g/mol. The molecule has 2 fully saturated rings. The molecule has 0 amide bonds. The standard InChI is InChI=1S/C15H24N4/c1-4-16-14-9(2)15(18-10(3)17-14)19-13-8-11-5-6-12(13)7-11/h11-13H,4-8H2,1-3H3,(H2,16,17,18,19). The molecule has 2 aliphatic carbocycles. The summed E-state index contributed by atoms with van der Waals surface area (Å²) in [5, 5.41) is 7.01. The SMILES string of the molecule is CCNc1nc(C)nc(NC2CC3CCC2C3)c1C. The summed E-state index contributed by atoms with van der Waals surface area (Å²) in [6.07, 6.45) is 5.57. The van der Waals surface area contributed by atoms with Gasteiger partial charge in [0, 0.05) is 18.2 Å². The van der Waals surface area contributed by atoms with Crippen molar-refractivity contribution >= 4 is 11.6 Å². The van der Waals surface area contributed by atoms with Gasteiger partial charge in [-0.1, -0.05) is 6.42 Å². The van der Waals surface area contributed by atoms with E-state index in [1.807, 2.05) is 6.92 Å². The first-order valence-corrected chi connectivity index (χ1v) is 7.53. The van der Waals surface area contributed by atoms with Crippen molar-refractivity contribution in [3.63, 3.8) is 0 Å². The lowest BCUT2D eigenvalue weighted by atomic mass is 9.95. The van der Waals surface area contributed by atoms with Crippen molar-refractivity contribution in [2.45, 2.75) is 52.5 Å². The fourth-order valence-corrected chi connectivity index (χ4v) is 3.71. The Bertz CT molecular complexity index is 471. The molecule has 1 heterocycles. The quantitative estimate of drug-likeness (QED) is 0.873. The minimum absolute atomic E-state index is 0.626. The first-order valence-electron chi connectivity index (χ1n) is 7.53. The van der Waals surface area contributed by atoms with E-state index >= 15 is 0 Å². The highest BCUT2D eigenvalue weighted by molar-refractivity contribution is 5.57. The Morgan fingerprint density at radius 1 is 1.11 bits per heavy atom. The van der Waals surface area contributed by atoms with E-state index in [1.165, 1.54) is 25.7 Å². The molecule has 0 radical (unpaired) electrons. The maximum atomic E-state index is 4.60. The number of rotatable bonds is 4. The molecule has 3 rings (SSSR count).